The summed E-state index contributed by atoms with van der Waals surface area (Å²) in [4.78, 5) is 0. The molecule has 2 aromatic rings. The molecule has 0 N–H and O–H groups in total. The molecule has 1 heterocycles. The van der Waals surface area contributed by atoms with Crippen LogP contribution in [0.25, 0.3) is 0 Å². The molecule has 0 bridgehead atoms. The Bertz CT molecular complexity index is 431. The van der Waals surface area contributed by atoms with Gasteiger partial charge < -0.3 is 0 Å². The Balaban J connectivity index is 1.96. The van der Waals surface area contributed by atoms with Gasteiger partial charge in [-0.05, 0) is 25.8 Å². The second kappa shape index (κ2) is 4.53. The third kappa shape index (κ3) is 2.86. The van der Waals surface area contributed by atoms with Gasteiger partial charge in [0.2, 0.25) is 0 Å². The predicted molar refractivity (Wildman–Crippen MR) is 63.2 cm³/mol. The fraction of sp³-hybridized carbons (Fsp3) is 0.333. The highest BCUT2D eigenvalue weighted by molar-refractivity contribution is 7.11. The summed E-state index contributed by atoms with van der Waals surface area (Å²) < 4.78 is 0. The molecule has 0 spiro atoms. The topological polar surface area (TPSA) is 25.8 Å². The SMILES string of the molecule is Cc1ccc(CCc2nnc(C)s2)cc1. The van der Waals surface area contributed by atoms with E-state index in [-0.39, 0.29) is 0 Å². The minimum atomic E-state index is 0.995. The van der Waals surface area contributed by atoms with Crippen molar-refractivity contribution in [1.82, 2.24) is 10.2 Å². The van der Waals surface area contributed by atoms with Crippen molar-refractivity contribution < 1.29 is 0 Å². The monoisotopic (exact) mass is 218 g/mol. The van der Waals surface area contributed by atoms with Gasteiger partial charge in [-0.25, -0.2) is 0 Å². The number of aryl methyl sites for hydroxylation is 4. The highest BCUT2D eigenvalue weighted by Crippen LogP contribution is 2.12. The van der Waals surface area contributed by atoms with E-state index in [1.54, 1.807) is 11.3 Å². The van der Waals surface area contributed by atoms with Crippen molar-refractivity contribution in [3.05, 3.63) is 45.4 Å². The Morgan fingerprint density at radius 3 is 2.33 bits per heavy atom. The van der Waals surface area contributed by atoms with Gasteiger partial charge in [0, 0.05) is 6.42 Å². The van der Waals surface area contributed by atoms with Crippen molar-refractivity contribution in [3.63, 3.8) is 0 Å². The number of hydrogen-bond acceptors (Lipinski definition) is 3. The lowest BCUT2D eigenvalue weighted by atomic mass is 10.1. The van der Waals surface area contributed by atoms with Gasteiger partial charge in [-0.15, -0.1) is 21.5 Å². The molecular formula is C12H14N2S. The average molecular weight is 218 g/mol. The van der Waals surface area contributed by atoms with E-state index in [9.17, 15) is 0 Å². The summed E-state index contributed by atoms with van der Waals surface area (Å²) in [6, 6.07) is 8.67. The summed E-state index contributed by atoms with van der Waals surface area (Å²) >= 11 is 1.69. The second-order valence-corrected chi connectivity index (χ2v) is 4.97. The van der Waals surface area contributed by atoms with Crippen molar-refractivity contribution in [3.8, 4) is 0 Å². The average Bonchev–Trinajstić information content (AvgIpc) is 2.64. The van der Waals surface area contributed by atoms with Crippen molar-refractivity contribution in [2.45, 2.75) is 26.7 Å². The first-order chi connectivity index (χ1) is 7.24. The Labute approximate surface area is 94.0 Å². The van der Waals surface area contributed by atoms with Crippen LogP contribution in [0, 0.1) is 13.8 Å². The van der Waals surface area contributed by atoms with Crippen LogP contribution in [0.5, 0.6) is 0 Å². The number of benzene rings is 1. The molecule has 0 radical (unpaired) electrons. The third-order valence-corrected chi connectivity index (χ3v) is 3.21. The maximum absolute atomic E-state index is 4.12. The van der Waals surface area contributed by atoms with Crippen molar-refractivity contribution in [2.75, 3.05) is 0 Å². The molecular weight excluding hydrogens is 204 g/mol. The first-order valence-corrected chi connectivity index (χ1v) is 5.90. The number of aromatic nitrogens is 2. The van der Waals surface area contributed by atoms with Crippen molar-refractivity contribution in [1.29, 1.82) is 0 Å². The smallest absolute Gasteiger partial charge is 0.117 e. The Morgan fingerprint density at radius 1 is 1.00 bits per heavy atom. The lowest BCUT2D eigenvalue weighted by molar-refractivity contribution is 0.897. The van der Waals surface area contributed by atoms with Crippen molar-refractivity contribution in [2.24, 2.45) is 0 Å². The molecule has 0 saturated carbocycles. The van der Waals surface area contributed by atoms with Gasteiger partial charge in [-0.3, -0.25) is 0 Å². The molecule has 0 aliphatic rings. The molecule has 3 heteroatoms. The summed E-state index contributed by atoms with van der Waals surface area (Å²) in [5, 5.41) is 10.3. The lowest BCUT2D eigenvalue weighted by Crippen LogP contribution is -1.90. The molecule has 0 fully saturated rings. The van der Waals surface area contributed by atoms with Gasteiger partial charge in [0.15, 0.2) is 0 Å². The molecule has 0 aliphatic heterocycles. The zero-order chi connectivity index (χ0) is 10.7. The van der Waals surface area contributed by atoms with Crippen LogP contribution in [-0.4, -0.2) is 10.2 Å². The van der Waals surface area contributed by atoms with E-state index in [1.165, 1.54) is 11.1 Å². The number of rotatable bonds is 3. The Hall–Kier alpha value is -1.22. The molecule has 78 valence electrons. The van der Waals surface area contributed by atoms with E-state index in [1.807, 2.05) is 6.92 Å². The summed E-state index contributed by atoms with van der Waals surface area (Å²) in [6.07, 6.45) is 2.05. The van der Waals surface area contributed by atoms with Crippen LogP contribution >= 0.6 is 11.3 Å². The van der Waals surface area contributed by atoms with E-state index in [2.05, 4.69) is 41.4 Å². The van der Waals surface area contributed by atoms with Crippen molar-refractivity contribution >= 4 is 11.3 Å². The van der Waals surface area contributed by atoms with E-state index >= 15 is 0 Å². The fourth-order valence-corrected chi connectivity index (χ4v) is 2.15. The highest BCUT2D eigenvalue weighted by Gasteiger charge is 2.00. The quantitative estimate of drug-likeness (QED) is 0.791. The zero-order valence-electron chi connectivity index (χ0n) is 9.03. The second-order valence-electron chi connectivity index (χ2n) is 3.70. The maximum atomic E-state index is 4.12. The van der Waals surface area contributed by atoms with Crippen LogP contribution in [0.3, 0.4) is 0 Å². The lowest BCUT2D eigenvalue weighted by Gasteiger charge is -1.99. The van der Waals surface area contributed by atoms with Crippen LogP contribution in [0.2, 0.25) is 0 Å². The van der Waals surface area contributed by atoms with Gasteiger partial charge in [-0.2, -0.15) is 0 Å². The standard InChI is InChI=1S/C12H14N2S/c1-9-3-5-11(6-4-9)7-8-12-14-13-10(2)15-12/h3-6H,7-8H2,1-2H3. The summed E-state index contributed by atoms with van der Waals surface area (Å²) in [5.74, 6) is 0. The molecule has 2 nitrogen and oxygen atoms in total. The molecule has 0 atom stereocenters. The molecule has 2 rings (SSSR count). The molecule has 0 aliphatic carbocycles. The van der Waals surface area contributed by atoms with Gasteiger partial charge in [0.25, 0.3) is 0 Å². The molecule has 0 amide bonds. The first kappa shape index (κ1) is 10.3. The van der Waals surface area contributed by atoms with Crippen LogP contribution in [0.1, 0.15) is 21.1 Å². The summed E-state index contributed by atoms with van der Waals surface area (Å²) in [5.41, 5.74) is 2.68. The maximum Gasteiger partial charge on any atom is 0.117 e. The summed E-state index contributed by atoms with van der Waals surface area (Å²) in [7, 11) is 0. The molecule has 0 saturated heterocycles. The molecule has 1 aromatic heterocycles. The number of nitrogens with zero attached hydrogens (tertiary/aromatic N) is 2. The van der Waals surface area contributed by atoms with Gasteiger partial charge in [-0.1, -0.05) is 29.8 Å². The van der Waals surface area contributed by atoms with Gasteiger partial charge in [0.05, 0.1) is 0 Å². The highest BCUT2D eigenvalue weighted by atomic mass is 32.1. The van der Waals surface area contributed by atoms with Crippen LogP contribution < -0.4 is 0 Å². The molecule has 1 aromatic carbocycles. The first-order valence-electron chi connectivity index (χ1n) is 5.08. The van der Waals surface area contributed by atoms with E-state index in [0.717, 1.165) is 22.9 Å². The van der Waals surface area contributed by atoms with Crippen LogP contribution in [0.15, 0.2) is 24.3 Å². The van der Waals surface area contributed by atoms with E-state index < -0.39 is 0 Å². The fourth-order valence-electron chi connectivity index (χ4n) is 1.44. The largest absolute Gasteiger partial charge is 0.144 e. The minimum Gasteiger partial charge on any atom is -0.144 e. The third-order valence-electron chi connectivity index (χ3n) is 2.32. The van der Waals surface area contributed by atoms with E-state index in [4.69, 9.17) is 0 Å². The van der Waals surface area contributed by atoms with Gasteiger partial charge in [0.1, 0.15) is 10.0 Å². The zero-order valence-corrected chi connectivity index (χ0v) is 9.84. The Morgan fingerprint density at radius 2 is 1.73 bits per heavy atom. The van der Waals surface area contributed by atoms with E-state index in [0.29, 0.717) is 0 Å². The molecule has 15 heavy (non-hydrogen) atoms. The van der Waals surface area contributed by atoms with Crippen LogP contribution in [0.4, 0.5) is 0 Å². The predicted octanol–water partition coefficient (Wildman–Crippen LogP) is 2.94. The molecule has 0 unspecified atom stereocenters. The minimum absolute atomic E-state index is 0.995. The van der Waals surface area contributed by atoms with Gasteiger partial charge >= 0.3 is 0 Å². The summed E-state index contributed by atoms with van der Waals surface area (Å²) in [6.45, 7) is 4.10. The number of hydrogen-bond donors (Lipinski definition) is 0. The Kier molecular flexibility index (Phi) is 3.11. The normalized spacial score (nSPS) is 10.5. The van der Waals surface area contributed by atoms with Crippen LogP contribution in [-0.2, 0) is 12.8 Å².